The van der Waals surface area contributed by atoms with Gasteiger partial charge in [0.1, 0.15) is 5.75 Å². The fourth-order valence-corrected chi connectivity index (χ4v) is 4.23. The van der Waals surface area contributed by atoms with Gasteiger partial charge in [0.15, 0.2) is 0 Å². The van der Waals surface area contributed by atoms with E-state index in [-0.39, 0.29) is 11.8 Å². The van der Waals surface area contributed by atoms with Crippen molar-refractivity contribution in [2.75, 3.05) is 19.5 Å². The molecule has 0 atom stereocenters. The molecule has 156 valence electrons. The third-order valence-corrected chi connectivity index (χ3v) is 6.04. The average molecular weight is 431 g/mol. The first-order valence-corrected chi connectivity index (χ1v) is 10.6. The Morgan fingerprint density at radius 1 is 1.06 bits per heavy atom. The summed E-state index contributed by atoms with van der Waals surface area (Å²) in [6, 6.07) is 22.8. The number of thioether (sulfide) groups is 1. The standard InChI is InChI=1S/C25H22N2O3S/c1-27(16-18-6-4-3-5-7-18)25(29)19-10-13-22-21(15-19)26-24(28)23(31-22)14-17-8-11-20(30-2)12-9-17/h3-15H,16H2,1-2H3,(H,26,28)/b23-14+. The fraction of sp³-hybridized carbons (Fsp3) is 0.120. The van der Waals surface area contributed by atoms with Gasteiger partial charge in [0, 0.05) is 24.1 Å². The van der Waals surface area contributed by atoms with Gasteiger partial charge in [-0.2, -0.15) is 0 Å². The molecule has 0 bridgehead atoms. The molecule has 0 saturated carbocycles. The Bertz CT molecular complexity index is 1140. The molecule has 31 heavy (non-hydrogen) atoms. The van der Waals surface area contributed by atoms with E-state index < -0.39 is 0 Å². The summed E-state index contributed by atoms with van der Waals surface area (Å²) in [5.74, 6) is 0.490. The predicted molar refractivity (Wildman–Crippen MR) is 124 cm³/mol. The van der Waals surface area contributed by atoms with Crippen LogP contribution in [0.3, 0.4) is 0 Å². The second kappa shape index (κ2) is 9.10. The van der Waals surface area contributed by atoms with Crippen molar-refractivity contribution in [3.63, 3.8) is 0 Å². The van der Waals surface area contributed by atoms with Crippen molar-refractivity contribution in [3.05, 3.63) is 94.4 Å². The highest BCUT2D eigenvalue weighted by molar-refractivity contribution is 8.04. The number of hydrogen-bond acceptors (Lipinski definition) is 4. The van der Waals surface area contributed by atoms with E-state index in [4.69, 9.17) is 4.74 Å². The molecule has 0 aromatic heterocycles. The van der Waals surface area contributed by atoms with Crippen LogP contribution < -0.4 is 10.1 Å². The summed E-state index contributed by atoms with van der Waals surface area (Å²) in [7, 11) is 3.39. The van der Waals surface area contributed by atoms with Gasteiger partial charge in [-0.05, 0) is 47.5 Å². The number of amides is 2. The summed E-state index contributed by atoms with van der Waals surface area (Å²) in [5, 5.41) is 2.91. The Morgan fingerprint density at radius 3 is 2.52 bits per heavy atom. The summed E-state index contributed by atoms with van der Waals surface area (Å²) in [4.78, 5) is 28.6. The van der Waals surface area contributed by atoms with E-state index in [0.717, 1.165) is 21.8 Å². The minimum absolute atomic E-state index is 0.0922. The van der Waals surface area contributed by atoms with Crippen LogP contribution in [0.25, 0.3) is 6.08 Å². The maximum absolute atomic E-state index is 12.9. The number of nitrogens with one attached hydrogen (secondary N) is 1. The van der Waals surface area contributed by atoms with Gasteiger partial charge in [-0.15, -0.1) is 0 Å². The molecule has 0 spiro atoms. The normalized spacial score (nSPS) is 14.0. The quantitative estimate of drug-likeness (QED) is 0.576. The molecule has 6 heteroatoms. The summed E-state index contributed by atoms with van der Waals surface area (Å²) >= 11 is 1.39. The molecular weight excluding hydrogens is 408 g/mol. The molecule has 1 aliphatic heterocycles. The first-order valence-electron chi connectivity index (χ1n) is 9.82. The zero-order valence-electron chi connectivity index (χ0n) is 17.3. The number of anilines is 1. The van der Waals surface area contributed by atoms with Crippen LogP contribution >= 0.6 is 11.8 Å². The largest absolute Gasteiger partial charge is 0.497 e. The molecule has 2 amide bonds. The number of fused-ring (bicyclic) bond motifs is 1. The van der Waals surface area contributed by atoms with Crippen molar-refractivity contribution in [1.82, 2.24) is 4.90 Å². The number of nitrogens with zero attached hydrogens (tertiary/aromatic N) is 1. The van der Waals surface area contributed by atoms with Crippen molar-refractivity contribution >= 4 is 35.3 Å². The Balaban J connectivity index is 1.50. The lowest BCUT2D eigenvalue weighted by Crippen LogP contribution is -2.26. The molecule has 1 N–H and O–H groups in total. The highest BCUT2D eigenvalue weighted by Gasteiger charge is 2.23. The number of ether oxygens (including phenoxy) is 1. The fourth-order valence-electron chi connectivity index (χ4n) is 3.29. The lowest BCUT2D eigenvalue weighted by atomic mass is 10.1. The number of methoxy groups -OCH3 is 1. The van der Waals surface area contributed by atoms with Crippen molar-refractivity contribution in [2.24, 2.45) is 0 Å². The van der Waals surface area contributed by atoms with E-state index in [9.17, 15) is 9.59 Å². The zero-order valence-corrected chi connectivity index (χ0v) is 18.1. The number of carbonyl (C=O) groups excluding carboxylic acids is 2. The van der Waals surface area contributed by atoms with Crippen LogP contribution in [-0.4, -0.2) is 30.9 Å². The molecule has 5 nitrogen and oxygen atoms in total. The monoisotopic (exact) mass is 430 g/mol. The van der Waals surface area contributed by atoms with Crippen molar-refractivity contribution in [3.8, 4) is 5.75 Å². The second-order valence-corrected chi connectivity index (χ2v) is 8.28. The summed E-state index contributed by atoms with van der Waals surface area (Å²) in [5.41, 5.74) is 3.17. The Hall–Kier alpha value is -3.51. The average Bonchev–Trinajstić information content (AvgIpc) is 2.80. The minimum Gasteiger partial charge on any atom is -0.497 e. The molecule has 0 fully saturated rings. The minimum atomic E-state index is -0.185. The molecule has 0 unspecified atom stereocenters. The van der Waals surface area contributed by atoms with E-state index in [1.807, 2.05) is 66.7 Å². The van der Waals surface area contributed by atoms with Crippen LogP contribution in [0.2, 0.25) is 0 Å². The van der Waals surface area contributed by atoms with Gasteiger partial charge in [0.2, 0.25) is 0 Å². The van der Waals surface area contributed by atoms with Crippen LogP contribution in [0.4, 0.5) is 5.69 Å². The van der Waals surface area contributed by atoms with Gasteiger partial charge >= 0.3 is 0 Å². The molecule has 3 aromatic carbocycles. The summed E-state index contributed by atoms with van der Waals surface area (Å²) < 4.78 is 5.17. The van der Waals surface area contributed by atoms with Crippen molar-refractivity contribution in [2.45, 2.75) is 11.4 Å². The summed E-state index contributed by atoms with van der Waals surface area (Å²) in [6.07, 6.45) is 1.84. The zero-order chi connectivity index (χ0) is 21.8. The van der Waals surface area contributed by atoms with Crippen LogP contribution in [0, 0.1) is 0 Å². The predicted octanol–water partition coefficient (Wildman–Crippen LogP) is 5.05. The maximum atomic E-state index is 12.9. The third kappa shape index (κ3) is 4.81. The molecule has 0 radical (unpaired) electrons. The number of benzene rings is 3. The summed E-state index contributed by atoms with van der Waals surface area (Å²) in [6.45, 7) is 0.520. The molecule has 1 aliphatic rings. The van der Waals surface area contributed by atoms with E-state index in [0.29, 0.717) is 22.7 Å². The topological polar surface area (TPSA) is 58.6 Å². The number of rotatable bonds is 5. The lowest BCUT2D eigenvalue weighted by molar-refractivity contribution is -0.112. The number of hydrogen-bond donors (Lipinski definition) is 1. The highest BCUT2D eigenvalue weighted by atomic mass is 32.2. The maximum Gasteiger partial charge on any atom is 0.262 e. The SMILES string of the molecule is COc1ccc(/C=C2/Sc3ccc(C(=O)N(C)Cc4ccccc4)cc3NC2=O)cc1. The molecule has 0 saturated heterocycles. The molecule has 4 rings (SSSR count). The van der Waals surface area contributed by atoms with Crippen LogP contribution in [0.1, 0.15) is 21.5 Å². The molecule has 0 aliphatic carbocycles. The highest BCUT2D eigenvalue weighted by Crippen LogP contribution is 2.39. The second-order valence-electron chi connectivity index (χ2n) is 7.20. The van der Waals surface area contributed by atoms with Gasteiger partial charge in [0.25, 0.3) is 11.8 Å². The first-order chi connectivity index (χ1) is 15.0. The van der Waals surface area contributed by atoms with E-state index >= 15 is 0 Å². The van der Waals surface area contributed by atoms with Gasteiger partial charge in [-0.25, -0.2) is 0 Å². The van der Waals surface area contributed by atoms with Gasteiger partial charge in [-0.1, -0.05) is 54.2 Å². The van der Waals surface area contributed by atoms with Crippen LogP contribution in [-0.2, 0) is 11.3 Å². The smallest absolute Gasteiger partial charge is 0.262 e. The van der Waals surface area contributed by atoms with Crippen molar-refractivity contribution < 1.29 is 14.3 Å². The van der Waals surface area contributed by atoms with E-state index in [1.165, 1.54) is 11.8 Å². The van der Waals surface area contributed by atoms with E-state index in [1.54, 1.807) is 31.2 Å². The van der Waals surface area contributed by atoms with Crippen LogP contribution in [0.15, 0.2) is 82.6 Å². The van der Waals surface area contributed by atoms with E-state index in [2.05, 4.69) is 5.32 Å². The Labute approximate surface area is 185 Å². The number of carbonyl (C=O) groups is 2. The van der Waals surface area contributed by atoms with Crippen molar-refractivity contribution in [1.29, 1.82) is 0 Å². The molecule has 3 aromatic rings. The van der Waals surface area contributed by atoms with Crippen LogP contribution in [0.5, 0.6) is 5.75 Å². The lowest BCUT2D eigenvalue weighted by Gasteiger charge is -2.21. The molecule has 1 heterocycles. The Kier molecular flexibility index (Phi) is 6.09. The van der Waals surface area contributed by atoms with Gasteiger partial charge < -0.3 is 15.0 Å². The molecular formula is C25H22N2O3S. The third-order valence-electron chi connectivity index (χ3n) is 4.94. The first kappa shape index (κ1) is 20.8. The van der Waals surface area contributed by atoms with Gasteiger partial charge in [-0.3, -0.25) is 9.59 Å². The Morgan fingerprint density at radius 2 is 1.81 bits per heavy atom. The van der Waals surface area contributed by atoms with Gasteiger partial charge in [0.05, 0.1) is 17.7 Å².